The highest BCUT2D eigenvalue weighted by molar-refractivity contribution is 5.82. The monoisotopic (exact) mass is 460 g/mol. The molecule has 0 saturated carbocycles. The van der Waals surface area contributed by atoms with E-state index in [9.17, 15) is 23.2 Å². The van der Waals surface area contributed by atoms with E-state index in [-0.39, 0.29) is 25.0 Å². The van der Waals surface area contributed by atoms with Crippen LogP contribution < -0.4 is 10.6 Å². The molecule has 3 N–H and O–H groups in total. The number of ether oxygens (including phenoxy) is 1. The first-order valence-electron chi connectivity index (χ1n) is 10.6. The second-order valence-electron chi connectivity index (χ2n) is 8.28. The lowest BCUT2D eigenvalue weighted by atomic mass is 9.95. The van der Waals surface area contributed by atoms with Gasteiger partial charge in [-0.25, -0.2) is 9.59 Å². The van der Waals surface area contributed by atoms with Crippen molar-refractivity contribution in [3.63, 3.8) is 0 Å². The quantitative estimate of drug-likeness (QED) is 0.530. The van der Waals surface area contributed by atoms with Gasteiger partial charge in [0.2, 0.25) is 5.91 Å². The molecule has 9 heteroatoms. The molecule has 1 aliphatic rings. The summed E-state index contributed by atoms with van der Waals surface area (Å²) < 4.78 is 31.9. The highest BCUT2D eigenvalue weighted by Crippen LogP contribution is 2.44. The third-order valence-corrected chi connectivity index (χ3v) is 5.75. The number of carboxylic acid groups (broad SMARTS) is 1. The maximum atomic E-state index is 13.2. The van der Waals surface area contributed by atoms with Crippen molar-refractivity contribution in [3.05, 3.63) is 59.7 Å². The Balaban J connectivity index is 1.56. The van der Waals surface area contributed by atoms with Gasteiger partial charge in [-0.05, 0) is 28.2 Å². The SMILES string of the molecule is CC(C)C(CNC(=O)OCC1c2ccccc2-c2ccccc21)C(=O)NCC(F)(F)C(=O)O. The van der Waals surface area contributed by atoms with Gasteiger partial charge in [-0.1, -0.05) is 62.4 Å². The van der Waals surface area contributed by atoms with Crippen LogP contribution in [0, 0.1) is 11.8 Å². The summed E-state index contributed by atoms with van der Waals surface area (Å²) in [7, 11) is 0. The van der Waals surface area contributed by atoms with E-state index in [1.165, 1.54) is 0 Å². The van der Waals surface area contributed by atoms with E-state index in [1.54, 1.807) is 13.8 Å². The molecule has 0 aromatic heterocycles. The second kappa shape index (κ2) is 9.97. The van der Waals surface area contributed by atoms with Crippen LogP contribution in [0.3, 0.4) is 0 Å². The summed E-state index contributed by atoms with van der Waals surface area (Å²) in [5.74, 6) is -8.42. The maximum Gasteiger partial charge on any atom is 0.407 e. The Morgan fingerprint density at radius 3 is 2.06 bits per heavy atom. The Morgan fingerprint density at radius 1 is 1.00 bits per heavy atom. The molecular weight excluding hydrogens is 434 g/mol. The number of alkyl carbamates (subject to hydrolysis) is 1. The molecule has 1 atom stereocenters. The Bertz CT molecular complexity index is 996. The van der Waals surface area contributed by atoms with Crippen molar-refractivity contribution in [2.75, 3.05) is 19.7 Å². The summed E-state index contributed by atoms with van der Waals surface area (Å²) >= 11 is 0. The summed E-state index contributed by atoms with van der Waals surface area (Å²) in [5.41, 5.74) is 4.31. The molecule has 0 fully saturated rings. The summed E-state index contributed by atoms with van der Waals surface area (Å²) in [5, 5.41) is 12.9. The molecule has 0 radical (unpaired) electrons. The molecule has 0 spiro atoms. The third-order valence-electron chi connectivity index (χ3n) is 5.75. The molecule has 2 aromatic carbocycles. The molecule has 7 nitrogen and oxygen atoms in total. The zero-order valence-corrected chi connectivity index (χ0v) is 18.3. The van der Waals surface area contributed by atoms with Crippen LogP contribution in [0.4, 0.5) is 13.6 Å². The van der Waals surface area contributed by atoms with Crippen LogP contribution in [-0.2, 0) is 14.3 Å². The molecule has 2 aromatic rings. The lowest BCUT2D eigenvalue weighted by Crippen LogP contribution is -2.47. The topological polar surface area (TPSA) is 105 Å². The Kier molecular flexibility index (Phi) is 7.30. The van der Waals surface area contributed by atoms with Gasteiger partial charge < -0.3 is 20.5 Å². The molecule has 1 unspecified atom stereocenters. The minimum atomic E-state index is -4.07. The summed E-state index contributed by atoms with van der Waals surface area (Å²) in [6, 6.07) is 15.8. The number of fused-ring (bicyclic) bond motifs is 3. The third kappa shape index (κ3) is 5.47. The van der Waals surface area contributed by atoms with Gasteiger partial charge in [0.1, 0.15) is 6.61 Å². The average molecular weight is 460 g/mol. The highest BCUT2D eigenvalue weighted by Gasteiger charge is 2.39. The van der Waals surface area contributed by atoms with Crippen molar-refractivity contribution in [2.24, 2.45) is 11.8 Å². The first kappa shape index (κ1) is 24.2. The number of amides is 2. The summed E-state index contributed by atoms with van der Waals surface area (Å²) in [4.78, 5) is 35.1. The number of hydrogen-bond acceptors (Lipinski definition) is 4. The first-order chi connectivity index (χ1) is 15.6. The number of carbonyl (C=O) groups excluding carboxylic acids is 2. The van der Waals surface area contributed by atoms with E-state index < -0.39 is 36.4 Å². The lowest BCUT2D eigenvalue weighted by Gasteiger charge is -2.22. The van der Waals surface area contributed by atoms with Crippen LogP contribution in [0.15, 0.2) is 48.5 Å². The lowest BCUT2D eigenvalue weighted by molar-refractivity contribution is -0.164. The standard InChI is InChI=1S/C24H26F2N2O5/c1-14(2)19(21(29)28-13-24(25,26)22(30)31)11-27-23(32)33-12-20-17-9-5-3-7-15(17)16-8-4-6-10-18(16)20/h3-10,14,19-20H,11-13H2,1-2H3,(H,27,32)(H,28,29)(H,30,31). The molecule has 176 valence electrons. The van der Waals surface area contributed by atoms with Crippen LogP contribution in [0.5, 0.6) is 0 Å². The fourth-order valence-corrected chi connectivity index (χ4v) is 3.88. The van der Waals surface area contributed by atoms with Crippen LogP contribution in [0.2, 0.25) is 0 Å². The van der Waals surface area contributed by atoms with E-state index in [2.05, 4.69) is 5.32 Å². The van der Waals surface area contributed by atoms with Crippen molar-refractivity contribution in [3.8, 4) is 11.1 Å². The average Bonchev–Trinajstić information content (AvgIpc) is 3.10. The van der Waals surface area contributed by atoms with Gasteiger partial charge in [0.05, 0.1) is 12.5 Å². The predicted molar refractivity (Wildman–Crippen MR) is 117 cm³/mol. The van der Waals surface area contributed by atoms with E-state index in [1.807, 2.05) is 53.8 Å². The second-order valence-corrected chi connectivity index (χ2v) is 8.28. The van der Waals surface area contributed by atoms with Gasteiger partial charge in [0.25, 0.3) is 0 Å². The number of carbonyl (C=O) groups is 3. The van der Waals surface area contributed by atoms with Gasteiger partial charge in [-0.15, -0.1) is 0 Å². The fraction of sp³-hybridized carbons (Fsp3) is 0.375. The smallest absolute Gasteiger partial charge is 0.407 e. The molecule has 0 aliphatic heterocycles. The van der Waals surface area contributed by atoms with Crippen LogP contribution >= 0.6 is 0 Å². The molecular formula is C24H26F2N2O5. The molecule has 33 heavy (non-hydrogen) atoms. The fourth-order valence-electron chi connectivity index (χ4n) is 3.88. The minimum absolute atomic E-state index is 0.100. The number of rotatable bonds is 9. The van der Waals surface area contributed by atoms with Gasteiger partial charge in [0.15, 0.2) is 0 Å². The molecule has 1 aliphatic carbocycles. The molecule has 3 rings (SSSR count). The van der Waals surface area contributed by atoms with E-state index in [0.717, 1.165) is 22.3 Å². The number of halogens is 2. The molecule has 2 amide bonds. The van der Waals surface area contributed by atoms with Crippen LogP contribution in [-0.4, -0.2) is 48.7 Å². The summed E-state index contributed by atoms with van der Waals surface area (Å²) in [6.45, 7) is 2.02. The number of alkyl halides is 2. The molecule has 0 bridgehead atoms. The van der Waals surface area contributed by atoms with E-state index in [4.69, 9.17) is 9.84 Å². The zero-order chi connectivity index (χ0) is 24.2. The van der Waals surface area contributed by atoms with Crippen LogP contribution in [0.25, 0.3) is 11.1 Å². The van der Waals surface area contributed by atoms with Crippen molar-refractivity contribution in [2.45, 2.75) is 25.7 Å². The number of benzene rings is 2. The van der Waals surface area contributed by atoms with Crippen LogP contribution in [0.1, 0.15) is 30.9 Å². The predicted octanol–water partition coefficient (Wildman–Crippen LogP) is 3.63. The summed E-state index contributed by atoms with van der Waals surface area (Å²) in [6.07, 6.45) is -0.730. The Morgan fingerprint density at radius 2 is 1.55 bits per heavy atom. The zero-order valence-electron chi connectivity index (χ0n) is 18.3. The highest BCUT2D eigenvalue weighted by atomic mass is 19.3. The number of carboxylic acids is 1. The number of nitrogens with one attached hydrogen (secondary N) is 2. The Labute approximate surface area is 190 Å². The normalized spacial score (nSPS) is 13.7. The minimum Gasteiger partial charge on any atom is -0.477 e. The molecule has 0 heterocycles. The van der Waals surface area contributed by atoms with Crippen molar-refractivity contribution >= 4 is 18.0 Å². The van der Waals surface area contributed by atoms with Gasteiger partial charge in [0, 0.05) is 12.5 Å². The largest absolute Gasteiger partial charge is 0.477 e. The first-order valence-corrected chi connectivity index (χ1v) is 10.6. The molecule has 0 saturated heterocycles. The maximum absolute atomic E-state index is 13.2. The Hall–Kier alpha value is -3.49. The number of hydrogen-bond donors (Lipinski definition) is 3. The van der Waals surface area contributed by atoms with Gasteiger partial charge in [-0.3, -0.25) is 4.79 Å². The van der Waals surface area contributed by atoms with Gasteiger partial charge in [-0.2, -0.15) is 8.78 Å². The van der Waals surface area contributed by atoms with E-state index >= 15 is 0 Å². The van der Waals surface area contributed by atoms with Crippen molar-refractivity contribution in [1.29, 1.82) is 0 Å². The van der Waals surface area contributed by atoms with Crippen molar-refractivity contribution in [1.82, 2.24) is 10.6 Å². The number of aliphatic carboxylic acids is 1. The van der Waals surface area contributed by atoms with Gasteiger partial charge >= 0.3 is 18.0 Å². The van der Waals surface area contributed by atoms with Crippen molar-refractivity contribution < 1.29 is 33.0 Å². The van der Waals surface area contributed by atoms with E-state index in [0.29, 0.717) is 0 Å².